The van der Waals surface area contributed by atoms with Crippen LogP contribution in [0, 0.1) is 6.92 Å². The van der Waals surface area contributed by atoms with Crippen LogP contribution in [0.5, 0.6) is 5.75 Å². The standard InChI is InChI=1S/C21H26N2O2/c1-15-7-9-17(10-8-15)22-21(2,3)20(25)23(18-11-12-18)14-16-5-4-6-19(24)13-16/h4-10,13,18,22,24H,11-12,14H2,1-3H3. The molecule has 1 amide bonds. The highest BCUT2D eigenvalue weighted by Crippen LogP contribution is 2.31. The molecule has 0 aliphatic heterocycles. The van der Waals surface area contributed by atoms with Crippen LogP contribution in [-0.2, 0) is 11.3 Å². The number of hydrogen-bond acceptors (Lipinski definition) is 3. The molecule has 1 fully saturated rings. The lowest BCUT2D eigenvalue weighted by Gasteiger charge is -2.33. The van der Waals surface area contributed by atoms with E-state index in [1.54, 1.807) is 12.1 Å². The SMILES string of the molecule is Cc1ccc(NC(C)(C)C(=O)N(Cc2cccc(O)c2)C2CC2)cc1. The summed E-state index contributed by atoms with van der Waals surface area (Å²) in [6.07, 6.45) is 2.09. The number of nitrogens with one attached hydrogen (secondary N) is 1. The van der Waals surface area contributed by atoms with E-state index in [4.69, 9.17) is 0 Å². The molecule has 0 bridgehead atoms. The topological polar surface area (TPSA) is 52.6 Å². The Morgan fingerprint density at radius 2 is 1.88 bits per heavy atom. The molecular weight excluding hydrogens is 312 g/mol. The van der Waals surface area contributed by atoms with Gasteiger partial charge in [0.15, 0.2) is 0 Å². The minimum atomic E-state index is -0.700. The minimum Gasteiger partial charge on any atom is -0.508 e. The number of amides is 1. The van der Waals surface area contributed by atoms with Crippen molar-refractivity contribution >= 4 is 11.6 Å². The van der Waals surface area contributed by atoms with Gasteiger partial charge in [-0.15, -0.1) is 0 Å². The molecule has 0 unspecified atom stereocenters. The highest BCUT2D eigenvalue weighted by Gasteiger charge is 2.39. The number of aromatic hydroxyl groups is 1. The molecule has 0 radical (unpaired) electrons. The van der Waals surface area contributed by atoms with E-state index in [9.17, 15) is 9.90 Å². The summed E-state index contributed by atoms with van der Waals surface area (Å²) in [4.78, 5) is 15.1. The van der Waals surface area contributed by atoms with Crippen LogP contribution in [0.15, 0.2) is 48.5 Å². The van der Waals surface area contributed by atoms with Crippen LogP contribution in [0.25, 0.3) is 0 Å². The van der Waals surface area contributed by atoms with Crippen LogP contribution in [0.3, 0.4) is 0 Å². The molecule has 0 spiro atoms. The Kier molecular flexibility index (Phi) is 4.71. The average Bonchev–Trinajstić information content (AvgIpc) is 3.39. The smallest absolute Gasteiger partial charge is 0.248 e. The lowest BCUT2D eigenvalue weighted by Crippen LogP contribution is -2.50. The molecule has 1 aliphatic carbocycles. The molecule has 132 valence electrons. The second-order valence-corrected chi connectivity index (χ2v) is 7.45. The summed E-state index contributed by atoms with van der Waals surface area (Å²) < 4.78 is 0. The molecule has 4 nitrogen and oxygen atoms in total. The highest BCUT2D eigenvalue weighted by molar-refractivity contribution is 5.89. The van der Waals surface area contributed by atoms with Gasteiger partial charge in [-0.3, -0.25) is 4.79 Å². The summed E-state index contributed by atoms with van der Waals surface area (Å²) in [5, 5.41) is 13.0. The molecule has 25 heavy (non-hydrogen) atoms. The number of hydrogen-bond donors (Lipinski definition) is 2. The third kappa shape index (κ3) is 4.32. The number of carbonyl (C=O) groups is 1. The van der Waals surface area contributed by atoms with Gasteiger partial charge in [0.05, 0.1) is 0 Å². The number of anilines is 1. The predicted octanol–water partition coefficient (Wildman–Crippen LogP) is 4.08. The Morgan fingerprint density at radius 1 is 1.20 bits per heavy atom. The first-order chi connectivity index (χ1) is 11.8. The number of nitrogens with zero attached hydrogens (tertiary/aromatic N) is 1. The Morgan fingerprint density at radius 3 is 2.48 bits per heavy atom. The van der Waals surface area contributed by atoms with Crippen LogP contribution in [0.1, 0.15) is 37.8 Å². The van der Waals surface area contributed by atoms with E-state index in [2.05, 4.69) is 5.32 Å². The minimum absolute atomic E-state index is 0.0823. The van der Waals surface area contributed by atoms with E-state index in [0.29, 0.717) is 12.6 Å². The first kappa shape index (κ1) is 17.3. The van der Waals surface area contributed by atoms with Gasteiger partial charge in [-0.2, -0.15) is 0 Å². The number of aryl methyl sites for hydroxylation is 1. The van der Waals surface area contributed by atoms with Crippen molar-refractivity contribution in [3.63, 3.8) is 0 Å². The van der Waals surface area contributed by atoms with Crippen molar-refractivity contribution in [2.24, 2.45) is 0 Å². The van der Waals surface area contributed by atoms with E-state index in [-0.39, 0.29) is 11.7 Å². The maximum absolute atomic E-state index is 13.2. The third-order valence-electron chi connectivity index (χ3n) is 4.56. The largest absolute Gasteiger partial charge is 0.508 e. The lowest BCUT2D eigenvalue weighted by molar-refractivity contribution is -0.136. The monoisotopic (exact) mass is 338 g/mol. The summed E-state index contributed by atoms with van der Waals surface area (Å²) in [6, 6.07) is 15.5. The van der Waals surface area contributed by atoms with Gasteiger partial charge in [0.1, 0.15) is 11.3 Å². The Bertz CT molecular complexity index is 749. The van der Waals surface area contributed by atoms with E-state index >= 15 is 0 Å². The molecule has 1 aliphatic rings. The van der Waals surface area contributed by atoms with Crippen LogP contribution in [0.2, 0.25) is 0 Å². The number of carbonyl (C=O) groups excluding carboxylic acids is 1. The molecule has 0 atom stereocenters. The van der Waals surface area contributed by atoms with Gasteiger partial charge >= 0.3 is 0 Å². The van der Waals surface area contributed by atoms with Gasteiger partial charge in [-0.05, 0) is 63.4 Å². The first-order valence-electron chi connectivity index (χ1n) is 8.79. The zero-order chi connectivity index (χ0) is 18.0. The number of benzene rings is 2. The fraction of sp³-hybridized carbons (Fsp3) is 0.381. The maximum Gasteiger partial charge on any atom is 0.248 e. The summed E-state index contributed by atoms with van der Waals surface area (Å²) in [5.41, 5.74) is 2.39. The summed E-state index contributed by atoms with van der Waals surface area (Å²) in [7, 11) is 0. The van der Waals surface area contributed by atoms with Crippen LogP contribution in [0.4, 0.5) is 5.69 Å². The van der Waals surface area contributed by atoms with Gasteiger partial charge in [-0.25, -0.2) is 0 Å². The van der Waals surface area contributed by atoms with E-state index in [1.807, 2.05) is 62.1 Å². The fourth-order valence-corrected chi connectivity index (χ4v) is 3.01. The van der Waals surface area contributed by atoms with Gasteiger partial charge in [0, 0.05) is 18.3 Å². The number of rotatable bonds is 6. The third-order valence-corrected chi connectivity index (χ3v) is 4.56. The molecule has 2 aromatic rings. The molecule has 4 heteroatoms. The van der Waals surface area contributed by atoms with Gasteiger partial charge in [0.25, 0.3) is 0 Å². The van der Waals surface area contributed by atoms with Crippen molar-refractivity contribution in [2.75, 3.05) is 5.32 Å². The number of phenolic OH excluding ortho intramolecular Hbond substituents is 1. The quantitative estimate of drug-likeness (QED) is 0.834. The Balaban J connectivity index is 1.76. The first-order valence-corrected chi connectivity index (χ1v) is 8.79. The molecule has 2 aromatic carbocycles. The van der Waals surface area contributed by atoms with Gasteiger partial charge < -0.3 is 15.3 Å². The van der Waals surface area contributed by atoms with Gasteiger partial charge in [0.2, 0.25) is 5.91 Å². The van der Waals surface area contributed by atoms with E-state index < -0.39 is 5.54 Å². The average molecular weight is 338 g/mol. The molecule has 0 saturated heterocycles. The van der Waals surface area contributed by atoms with Crippen LogP contribution < -0.4 is 5.32 Å². The summed E-state index contributed by atoms with van der Waals surface area (Å²) >= 11 is 0. The Labute approximate surface area is 149 Å². The zero-order valence-electron chi connectivity index (χ0n) is 15.1. The summed E-state index contributed by atoms with van der Waals surface area (Å²) in [5.74, 6) is 0.316. The second kappa shape index (κ2) is 6.79. The van der Waals surface area contributed by atoms with E-state index in [0.717, 1.165) is 24.1 Å². The molecule has 0 heterocycles. The van der Waals surface area contributed by atoms with Crippen molar-refractivity contribution in [1.29, 1.82) is 0 Å². The lowest BCUT2D eigenvalue weighted by atomic mass is 10.0. The molecule has 1 saturated carbocycles. The normalized spacial score (nSPS) is 14.2. The maximum atomic E-state index is 13.2. The second-order valence-electron chi connectivity index (χ2n) is 7.45. The molecule has 0 aromatic heterocycles. The van der Waals surface area contributed by atoms with Gasteiger partial charge in [-0.1, -0.05) is 29.8 Å². The molecule has 2 N–H and O–H groups in total. The Hall–Kier alpha value is -2.49. The molecular formula is C21H26N2O2. The fourth-order valence-electron chi connectivity index (χ4n) is 3.01. The molecule has 3 rings (SSSR count). The van der Waals surface area contributed by atoms with Crippen LogP contribution >= 0.6 is 0 Å². The van der Waals surface area contributed by atoms with Crippen molar-refractivity contribution < 1.29 is 9.90 Å². The summed E-state index contributed by atoms with van der Waals surface area (Å²) in [6.45, 7) is 6.42. The van der Waals surface area contributed by atoms with Crippen LogP contribution in [-0.4, -0.2) is 27.5 Å². The van der Waals surface area contributed by atoms with Crippen molar-refractivity contribution in [3.05, 3.63) is 59.7 Å². The van der Waals surface area contributed by atoms with E-state index in [1.165, 1.54) is 5.56 Å². The van der Waals surface area contributed by atoms with Crippen molar-refractivity contribution in [1.82, 2.24) is 4.90 Å². The van der Waals surface area contributed by atoms with Crippen molar-refractivity contribution in [3.8, 4) is 5.75 Å². The zero-order valence-corrected chi connectivity index (χ0v) is 15.1. The van der Waals surface area contributed by atoms with Crippen molar-refractivity contribution in [2.45, 2.75) is 51.7 Å². The highest BCUT2D eigenvalue weighted by atomic mass is 16.3. The number of phenols is 1. The predicted molar refractivity (Wildman–Crippen MR) is 101 cm³/mol.